The Hall–Kier alpha value is -3.66. The zero-order valence-electron chi connectivity index (χ0n) is 15.8. The number of rotatable bonds is 5. The number of aliphatic hydroxyl groups is 2. The van der Waals surface area contributed by atoms with Gasteiger partial charge in [0, 0.05) is 6.54 Å². The highest BCUT2D eigenvalue weighted by Crippen LogP contribution is 2.31. The number of anilines is 1. The zero-order chi connectivity index (χ0) is 21.7. The minimum Gasteiger partial charge on any atom is -0.387 e. The van der Waals surface area contributed by atoms with Crippen LogP contribution in [0.15, 0.2) is 28.6 Å². The van der Waals surface area contributed by atoms with Crippen LogP contribution in [0, 0.1) is 0 Å². The minimum absolute atomic E-state index is 0.150. The fourth-order valence-corrected chi connectivity index (χ4v) is 3.64. The standard InChI is InChI=1S/C16H18N10O5/c17-11-7-13(20-2-19-11)26(5-21-7)15-10(28)9(27)6(31-15)1-18-3-25-4-22-12-8(25)14(29)24-16(30)23-12/h2,4-6,9-10,15,18,27-28H,1,3H2,(H2,17,19,20)(H2,23,24,29,30). The fraction of sp³-hybridized carbons (Fsp3) is 0.375. The maximum Gasteiger partial charge on any atom is 0.327 e. The molecule has 0 amide bonds. The molecule has 1 aliphatic heterocycles. The number of imidazole rings is 2. The summed E-state index contributed by atoms with van der Waals surface area (Å²) in [5.74, 6) is 0.193. The van der Waals surface area contributed by atoms with Crippen molar-refractivity contribution in [3.8, 4) is 0 Å². The number of fused-ring (bicyclic) bond motifs is 2. The highest BCUT2D eigenvalue weighted by Gasteiger charge is 2.44. The maximum atomic E-state index is 12.0. The van der Waals surface area contributed by atoms with Gasteiger partial charge in [-0.05, 0) is 0 Å². The molecule has 0 aliphatic carbocycles. The Morgan fingerprint density at radius 1 is 1.13 bits per heavy atom. The van der Waals surface area contributed by atoms with Crippen molar-refractivity contribution < 1.29 is 14.9 Å². The second-order valence-corrected chi connectivity index (χ2v) is 7.06. The quantitative estimate of drug-likeness (QED) is 0.187. The SMILES string of the molecule is Nc1ncnc2c1ncn2C1OC(CNCn2cnc3[nH]c(=O)[nH]c(=O)c32)C(O)C1O. The molecule has 15 nitrogen and oxygen atoms in total. The third-order valence-electron chi connectivity index (χ3n) is 5.14. The summed E-state index contributed by atoms with van der Waals surface area (Å²) in [6.07, 6.45) is -0.0226. The van der Waals surface area contributed by atoms with E-state index in [9.17, 15) is 19.8 Å². The van der Waals surface area contributed by atoms with Crippen LogP contribution in [0.4, 0.5) is 5.82 Å². The van der Waals surface area contributed by atoms with Crippen LogP contribution < -0.4 is 22.3 Å². The van der Waals surface area contributed by atoms with Gasteiger partial charge in [0.2, 0.25) is 0 Å². The third kappa shape index (κ3) is 3.15. The van der Waals surface area contributed by atoms with Gasteiger partial charge in [0.25, 0.3) is 5.56 Å². The van der Waals surface area contributed by atoms with E-state index in [0.717, 1.165) is 0 Å². The smallest absolute Gasteiger partial charge is 0.327 e. The third-order valence-corrected chi connectivity index (χ3v) is 5.14. The van der Waals surface area contributed by atoms with Crippen LogP contribution in [0.1, 0.15) is 6.23 Å². The number of hydrogen-bond acceptors (Lipinski definition) is 11. The van der Waals surface area contributed by atoms with Gasteiger partial charge in [-0.3, -0.25) is 24.6 Å². The van der Waals surface area contributed by atoms with Crippen LogP contribution >= 0.6 is 0 Å². The molecule has 0 saturated carbocycles. The molecule has 0 spiro atoms. The molecule has 0 bridgehead atoms. The van der Waals surface area contributed by atoms with Crippen molar-refractivity contribution in [1.29, 1.82) is 0 Å². The lowest BCUT2D eigenvalue weighted by Gasteiger charge is -2.16. The number of ether oxygens (including phenoxy) is 1. The first-order chi connectivity index (χ1) is 14.9. The van der Waals surface area contributed by atoms with E-state index in [4.69, 9.17) is 10.5 Å². The van der Waals surface area contributed by atoms with Gasteiger partial charge in [0.1, 0.15) is 30.2 Å². The summed E-state index contributed by atoms with van der Waals surface area (Å²) in [5, 5.41) is 24.0. The maximum absolute atomic E-state index is 12.0. The van der Waals surface area contributed by atoms with Gasteiger partial charge in [0.05, 0.1) is 19.3 Å². The van der Waals surface area contributed by atoms with Crippen LogP contribution in [0.5, 0.6) is 0 Å². The van der Waals surface area contributed by atoms with Gasteiger partial charge >= 0.3 is 5.69 Å². The minimum atomic E-state index is -1.23. The van der Waals surface area contributed by atoms with Crippen molar-refractivity contribution in [3.63, 3.8) is 0 Å². The predicted molar refractivity (Wildman–Crippen MR) is 105 cm³/mol. The topological polar surface area (TPSA) is 215 Å². The van der Waals surface area contributed by atoms with E-state index in [1.54, 1.807) is 0 Å². The number of nitrogens with one attached hydrogen (secondary N) is 3. The lowest BCUT2D eigenvalue weighted by molar-refractivity contribution is -0.0345. The van der Waals surface area contributed by atoms with E-state index < -0.39 is 35.8 Å². The number of aromatic nitrogens is 8. The van der Waals surface area contributed by atoms with Crippen molar-refractivity contribution in [2.45, 2.75) is 31.2 Å². The number of aliphatic hydroxyl groups excluding tert-OH is 2. The van der Waals surface area contributed by atoms with Crippen LogP contribution in [0.25, 0.3) is 22.3 Å². The van der Waals surface area contributed by atoms with E-state index in [1.165, 1.54) is 28.1 Å². The number of nitrogens with zero attached hydrogens (tertiary/aromatic N) is 6. The molecule has 0 radical (unpaired) electrons. The van der Waals surface area contributed by atoms with Gasteiger partial charge in [0.15, 0.2) is 28.9 Å². The van der Waals surface area contributed by atoms with E-state index in [0.29, 0.717) is 11.2 Å². The molecule has 4 atom stereocenters. The van der Waals surface area contributed by atoms with Crippen molar-refractivity contribution in [2.75, 3.05) is 12.3 Å². The van der Waals surface area contributed by atoms with Crippen LogP contribution in [0.2, 0.25) is 0 Å². The first-order valence-electron chi connectivity index (χ1n) is 9.27. The highest BCUT2D eigenvalue weighted by atomic mass is 16.6. The second-order valence-electron chi connectivity index (χ2n) is 7.06. The average molecular weight is 430 g/mol. The Balaban J connectivity index is 1.30. The lowest BCUT2D eigenvalue weighted by atomic mass is 10.1. The average Bonchev–Trinajstić information content (AvgIpc) is 3.41. The van der Waals surface area contributed by atoms with E-state index in [-0.39, 0.29) is 30.2 Å². The first kappa shape index (κ1) is 19.3. The summed E-state index contributed by atoms with van der Waals surface area (Å²) in [6, 6.07) is 0. The van der Waals surface area contributed by atoms with E-state index in [2.05, 4.69) is 35.2 Å². The molecule has 7 N–H and O–H groups in total. The monoisotopic (exact) mass is 430 g/mol. The number of H-pyrrole nitrogens is 2. The lowest BCUT2D eigenvalue weighted by Crippen LogP contribution is -2.38. The Morgan fingerprint density at radius 3 is 2.81 bits per heavy atom. The van der Waals surface area contributed by atoms with Crippen molar-refractivity contribution in [2.24, 2.45) is 0 Å². The second kappa shape index (κ2) is 7.24. The number of aromatic amines is 2. The Morgan fingerprint density at radius 2 is 1.97 bits per heavy atom. The van der Waals surface area contributed by atoms with Gasteiger partial charge in [-0.25, -0.2) is 24.7 Å². The molecule has 15 heteroatoms. The first-order valence-corrected chi connectivity index (χ1v) is 9.27. The molecule has 4 aromatic heterocycles. The summed E-state index contributed by atoms with van der Waals surface area (Å²) in [7, 11) is 0. The van der Waals surface area contributed by atoms with Crippen molar-refractivity contribution in [1.82, 2.24) is 44.4 Å². The molecular formula is C16H18N10O5. The Labute approximate surface area is 171 Å². The summed E-state index contributed by atoms with van der Waals surface area (Å²) in [4.78, 5) is 44.1. The van der Waals surface area contributed by atoms with Crippen LogP contribution in [0.3, 0.4) is 0 Å². The van der Waals surface area contributed by atoms with Gasteiger partial charge < -0.3 is 25.3 Å². The molecule has 31 heavy (non-hydrogen) atoms. The number of nitrogen functional groups attached to an aromatic ring is 1. The van der Waals surface area contributed by atoms with E-state index in [1.807, 2.05) is 0 Å². The summed E-state index contributed by atoms with van der Waals surface area (Å²) < 4.78 is 8.83. The van der Waals surface area contributed by atoms with Crippen LogP contribution in [-0.4, -0.2) is 74.1 Å². The highest BCUT2D eigenvalue weighted by molar-refractivity contribution is 5.81. The van der Waals surface area contributed by atoms with Gasteiger partial charge in [-0.1, -0.05) is 0 Å². The van der Waals surface area contributed by atoms with Crippen molar-refractivity contribution in [3.05, 3.63) is 39.8 Å². The molecule has 0 aromatic carbocycles. The molecule has 4 unspecified atom stereocenters. The molecule has 5 heterocycles. The normalized spacial score (nSPS) is 23.8. The predicted octanol–water partition coefficient (Wildman–Crippen LogP) is -3.00. The molecule has 5 rings (SSSR count). The summed E-state index contributed by atoms with van der Waals surface area (Å²) in [6.45, 7) is 0.302. The zero-order valence-corrected chi connectivity index (χ0v) is 15.8. The molecule has 1 aliphatic rings. The van der Waals surface area contributed by atoms with Crippen LogP contribution in [-0.2, 0) is 11.4 Å². The van der Waals surface area contributed by atoms with Gasteiger partial charge in [-0.2, -0.15) is 0 Å². The van der Waals surface area contributed by atoms with Crippen molar-refractivity contribution >= 4 is 28.1 Å². The van der Waals surface area contributed by atoms with E-state index >= 15 is 0 Å². The molecule has 4 aromatic rings. The largest absolute Gasteiger partial charge is 0.387 e. The van der Waals surface area contributed by atoms with Gasteiger partial charge in [-0.15, -0.1) is 0 Å². The summed E-state index contributed by atoms with van der Waals surface area (Å²) in [5.41, 5.74) is 5.67. The summed E-state index contributed by atoms with van der Waals surface area (Å²) >= 11 is 0. The number of hydrogen-bond donors (Lipinski definition) is 6. The number of nitrogens with two attached hydrogens (primary N) is 1. The fourth-order valence-electron chi connectivity index (χ4n) is 3.64. The molecule has 1 fully saturated rings. The molecular weight excluding hydrogens is 412 g/mol. The molecule has 1 saturated heterocycles. The Bertz CT molecular complexity index is 1370. The Kier molecular flexibility index (Phi) is 4.51. The molecule has 162 valence electrons.